The van der Waals surface area contributed by atoms with Gasteiger partial charge in [0.1, 0.15) is 29.1 Å². The maximum absolute atomic E-state index is 13.0. The number of nitriles is 1. The summed E-state index contributed by atoms with van der Waals surface area (Å²) in [5, 5.41) is 25.0. The van der Waals surface area contributed by atoms with Gasteiger partial charge in [-0.05, 0) is 55.0 Å². The van der Waals surface area contributed by atoms with E-state index >= 15 is 0 Å². The number of para-hydroxylation sites is 1. The number of aryl methyl sites for hydroxylation is 1. The van der Waals surface area contributed by atoms with Crippen molar-refractivity contribution in [3.8, 4) is 34.9 Å². The molecule has 2 amide bonds. The second kappa shape index (κ2) is 11.7. The average molecular weight is 525 g/mol. The number of pyridine rings is 1. The zero-order valence-electron chi connectivity index (χ0n) is 21.3. The standard InChI is InChI=1S/C29H24N4O6/c1-17-10-27(39-26-7-5-4-6-18(26)15-30)31-16-24(17)33-29(36)23-13-20(8-9-25(23)34)32-28(35)19-11-21(37-2)14-22(12-19)38-3/h4-14,16,34H,1-3H3,(H,32,35)(H,33,36). The van der Waals surface area contributed by atoms with Gasteiger partial charge in [-0.3, -0.25) is 9.59 Å². The number of nitrogens with zero attached hydrogens (tertiary/aromatic N) is 2. The average Bonchev–Trinajstić information content (AvgIpc) is 2.95. The van der Waals surface area contributed by atoms with Crippen LogP contribution in [-0.2, 0) is 0 Å². The van der Waals surface area contributed by atoms with Crippen molar-refractivity contribution in [2.75, 3.05) is 24.9 Å². The number of rotatable bonds is 8. The minimum atomic E-state index is -0.611. The first-order chi connectivity index (χ1) is 18.8. The van der Waals surface area contributed by atoms with Crippen LogP contribution in [0.3, 0.4) is 0 Å². The second-order valence-corrected chi connectivity index (χ2v) is 8.29. The van der Waals surface area contributed by atoms with Crippen molar-refractivity contribution >= 4 is 23.2 Å². The molecule has 0 aliphatic heterocycles. The molecule has 3 aromatic carbocycles. The summed E-state index contributed by atoms with van der Waals surface area (Å²) >= 11 is 0. The number of aromatic nitrogens is 1. The molecule has 3 N–H and O–H groups in total. The first-order valence-electron chi connectivity index (χ1n) is 11.6. The molecule has 0 atom stereocenters. The summed E-state index contributed by atoms with van der Waals surface area (Å²) in [6.45, 7) is 1.75. The highest BCUT2D eigenvalue weighted by Crippen LogP contribution is 2.28. The third kappa shape index (κ3) is 6.23. The molecular weight excluding hydrogens is 500 g/mol. The van der Waals surface area contributed by atoms with Gasteiger partial charge >= 0.3 is 0 Å². The lowest BCUT2D eigenvalue weighted by Gasteiger charge is -2.13. The number of phenolic OH excluding ortho intramolecular Hbond substituents is 1. The van der Waals surface area contributed by atoms with Crippen LogP contribution in [0.15, 0.2) is 72.9 Å². The monoisotopic (exact) mass is 524 g/mol. The van der Waals surface area contributed by atoms with Crippen LogP contribution in [0.1, 0.15) is 31.8 Å². The van der Waals surface area contributed by atoms with Crippen LogP contribution in [-0.4, -0.2) is 36.1 Å². The van der Waals surface area contributed by atoms with E-state index in [0.29, 0.717) is 39.8 Å². The second-order valence-electron chi connectivity index (χ2n) is 8.29. The van der Waals surface area contributed by atoms with E-state index in [2.05, 4.69) is 21.7 Å². The predicted molar refractivity (Wildman–Crippen MR) is 144 cm³/mol. The Bertz CT molecular complexity index is 1570. The Kier molecular flexibility index (Phi) is 7.92. The molecule has 0 bridgehead atoms. The van der Waals surface area contributed by atoms with E-state index in [1.807, 2.05) is 0 Å². The third-order valence-corrected chi connectivity index (χ3v) is 5.67. The lowest BCUT2D eigenvalue weighted by atomic mass is 10.1. The summed E-state index contributed by atoms with van der Waals surface area (Å²) in [7, 11) is 2.96. The minimum Gasteiger partial charge on any atom is -0.507 e. The minimum absolute atomic E-state index is 0.0568. The van der Waals surface area contributed by atoms with Crippen LogP contribution in [0.25, 0.3) is 0 Å². The first kappa shape index (κ1) is 26.5. The zero-order chi connectivity index (χ0) is 27.9. The summed E-state index contributed by atoms with van der Waals surface area (Å²) in [5.41, 5.74) is 1.91. The number of ether oxygens (including phenoxy) is 3. The molecule has 1 aromatic heterocycles. The van der Waals surface area contributed by atoms with Gasteiger partial charge in [0.25, 0.3) is 11.8 Å². The summed E-state index contributed by atoms with van der Waals surface area (Å²) in [5.74, 6) is 0.153. The SMILES string of the molecule is COc1cc(OC)cc(C(=O)Nc2ccc(O)c(C(=O)Nc3cnc(Oc4ccccc4C#N)cc3C)c2)c1. The largest absolute Gasteiger partial charge is 0.507 e. The number of phenols is 1. The molecule has 0 fully saturated rings. The summed E-state index contributed by atoms with van der Waals surface area (Å²) in [6, 6.07) is 19.3. The van der Waals surface area contributed by atoms with E-state index in [4.69, 9.17) is 14.2 Å². The van der Waals surface area contributed by atoms with Crippen LogP contribution >= 0.6 is 0 Å². The maximum Gasteiger partial charge on any atom is 0.259 e. The number of anilines is 2. The molecule has 4 rings (SSSR count). The van der Waals surface area contributed by atoms with Crippen molar-refractivity contribution in [3.05, 3.63) is 95.2 Å². The highest BCUT2D eigenvalue weighted by atomic mass is 16.5. The van der Waals surface area contributed by atoms with Crippen molar-refractivity contribution in [2.45, 2.75) is 6.92 Å². The predicted octanol–water partition coefficient (Wildman–Crippen LogP) is 5.28. The highest BCUT2D eigenvalue weighted by Gasteiger charge is 2.17. The molecule has 10 heteroatoms. The molecule has 0 unspecified atom stereocenters. The van der Waals surface area contributed by atoms with Crippen molar-refractivity contribution in [1.29, 1.82) is 5.26 Å². The number of methoxy groups -OCH3 is 2. The van der Waals surface area contributed by atoms with E-state index in [1.54, 1.807) is 55.5 Å². The molecule has 0 aliphatic rings. The van der Waals surface area contributed by atoms with Gasteiger partial charge < -0.3 is 30.0 Å². The fourth-order valence-corrected chi connectivity index (χ4v) is 3.60. The lowest BCUT2D eigenvalue weighted by molar-refractivity contribution is 0.101. The number of carbonyl (C=O) groups excluding carboxylic acids is 2. The van der Waals surface area contributed by atoms with Crippen molar-refractivity contribution in [3.63, 3.8) is 0 Å². The van der Waals surface area contributed by atoms with Gasteiger partial charge in [-0.25, -0.2) is 4.98 Å². The van der Waals surface area contributed by atoms with Crippen LogP contribution < -0.4 is 24.8 Å². The fraction of sp³-hybridized carbons (Fsp3) is 0.103. The number of aromatic hydroxyl groups is 1. The molecule has 10 nitrogen and oxygen atoms in total. The maximum atomic E-state index is 13.0. The Balaban J connectivity index is 1.49. The van der Waals surface area contributed by atoms with Gasteiger partial charge in [-0.2, -0.15) is 5.26 Å². The molecule has 0 spiro atoms. The Morgan fingerprint density at radius 2 is 1.64 bits per heavy atom. The van der Waals surface area contributed by atoms with E-state index in [0.717, 1.165) is 0 Å². The molecule has 196 valence electrons. The number of hydrogen-bond acceptors (Lipinski definition) is 8. The Labute approximate surface area is 224 Å². The highest BCUT2D eigenvalue weighted by molar-refractivity contribution is 6.09. The molecule has 0 radical (unpaired) electrons. The molecule has 0 saturated heterocycles. The van der Waals surface area contributed by atoms with E-state index < -0.39 is 11.8 Å². The van der Waals surface area contributed by atoms with E-state index in [-0.39, 0.29) is 22.8 Å². The normalized spacial score (nSPS) is 10.2. The molecule has 39 heavy (non-hydrogen) atoms. The van der Waals surface area contributed by atoms with Crippen LogP contribution in [0.5, 0.6) is 28.9 Å². The van der Waals surface area contributed by atoms with Gasteiger partial charge in [0.15, 0.2) is 0 Å². The van der Waals surface area contributed by atoms with Gasteiger partial charge in [-0.1, -0.05) is 12.1 Å². The Morgan fingerprint density at radius 3 is 2.31 bits per heavy atom. The summed E-state index contributed by atoms with van der Waals surface area (Å²) in [4.78, 5) is 30.1. The van der Waals surface area contributed by atoms with Crippen molar-refractivity contribution in [2.24, 2.45) is 0 Å². The number of hydrogen-bond donors (Lipinski definition) is 3. The number of benzene rings is 3. The molecule has 0 aliphatic carbocycles. The van der Waals surface area contributed by atoms with Crippen LogP contribution in [0.2, 0.25) is 0 Å². The molecule has 1 heterocycles. The van der Waals surface area contributed by atoms with Crippen LogP contribution in [0, 0.1) is 18.3 Å². The first-order valence-corrected chi connectivity index (χ1v) is 11.6. The number of carbonyl (C=O) groups is 2. The third-order valence-electron chi connectivity index (χ3n) is 5.67. The topological polar surface area (TPSA) is 143 Å². The lowest BCUT2D eigenvalue weighted by Crippen LogP contribution is -2.15. The Hall–Kier alpha value is -5.56. The van der Waals surface area contributed by atoms with Gasteiger partial charge in [0, 0.05) is 23.4 Å². The summed E-state index contributed by atoms with van der Waals surface area (Å²) < 4.78 is 16.1. The zero-order valence-corrected chi connectivity index (χ0v) is 21.3. The number of nitrogens with one attached hydrogen (secondary N) is 2. The molecule has 4 aromatic rings. The van der Waals surface area contributed by atoms with Gasteiger partial charge in [0.05, 0.1) is 37.2 Å². The van der Waals surface area contributed by atoms with Gasteiger partial charge in [0.2, 0.25) is 5.88 Å². The molecular formula is C29H24N4O6. The Morgan fingerprint density at radius 1 is 0.923 bits per heavy atom. The fourth-order valence-electron chi connectivity index (χ4n) is 3.60. The molecule has 0 saturated carbocycles. The van der Waals surface area contributed by atoms with Gasteiger partial charge in [-0.15, -0.1) is 0 Å². The van der Waals surface area contributed by atoms with Crippen molar-refractivity contribution < 1.29 is 28.9 Å². The summed E-state index contributed by atoms with van der Waals surface area (Å²) in [6.07, 6.45) is 1.41. The van der Waals surface area contributed by atoms with E-state index in [1.165, 1.54) is 38.6 Å². The van der Waals surface area contributed by atoms with Crippen molar-refractivity contribution in [1.82, 2.24) is 4.98 Å². The van der Waals surface area contributed by atoms with E-state index in [9.17, 15) is 20.0 Å². The van der Waals surface area contributed by atoms with Crippen LogP contribution in [0.4, 0.5) is 11.4 Å². The number of amides is 2. The quantitative estimate of drug-likeness (QED) is 0.264. The smallest absolute Gasteiger partial charge is 0.259 e.